The van der Waals surface area contributed by atoms with Crippen LogP contribution in [0.5, 0.6) is 0 Å². The topological polar surface area (TPSA) is 217 Å². The largest absolute Gasteiger partial charge is 0.460 e. The number of methoxy groups -OCH3 is 1. The van der Waals surface area contributed by atoms with Gasteiger partial charge in [0.05, 0.1) is 36.9 Å². The van der Waals surface area contributed by atoms with E-state index in [1.54, 1.807) is 40.9 Å². The molecule has 0 aromatic rings. The number of ether oxygens (including phenoxy) is 3. The summed E-state index contributed by atoms with van der Waals surface area (Å²) in [4.78, 5) is 71.6. The first-order valence-corrected chi connectivity index (χ1v) is 24.1. The average Bonchev–Trinajstić information content (AvgIpc) is 3.28. The van der Waals surface area contributed by atoms with E-state index in [0.29, 0.717) is 69.8 Å². The maximum absolute atomic E-state index is 14.3. The molecule has 2 saturated heterocycles. The highest BCUT2D eigenvalue weighted by molar-refractivity contribution is 6.39. The molecule has 15 atom stereocenters. The number of aliphatic hydroxyl groups excluding tert-OH is 4. The van der Waals surface area contributed by atoms with Gasteiger partial charge in [0.1, 0.15) is 23.7 Å². The molecule has 0 aromatic heterocycles. The SMILES string of the molecule is CO[C@H]1C[C@@H]2CC[C@@H](C)[C@@](O)(O2)C(=O)C(=O)N2CCCC[C@H]2C(=O)O[C@H]([C@H](C)CC2CC[C@@H](O)[C@H](CO)C2)CC(=O)[C@H](C)/C=C(\C)[C@@H](O)[C@@H](CO)C(=O)[C@H](C)C[C@H](C)/C=C/C=C/C=C/1C. The smallest absolute Gasteiger partial charge is 0.329 e. The van der Waals surface area contributed by atoms with Crippen molar-refractivity contribution in [2.75, 3.05) is 26.9 Å². The van der Waals surface area contributed by atoms with Crippen LogP contribution in [-0.4, -0.2) is 129 Å². The molecule has 366 valence electrons. The summed E-state index contributed by atoms with van der Waals surface area (Å²) in [5.74, 6) is -9.71. The fourth-order valence-electron chi connectivity index (χ4n) is 10.3. The second-order valence-corrected chi connectivity index (χ2v) is 19.9. The first-order valence-electron chi connectivity index (χ1n) is 24.1. The molecule has 3 fully saturated rings. The van der Waals surface area contributed by atoms with Crippen molar-refractivity contribution in [2.45, 2.75) is 168 Å². The summed E-state index contributed by atoms with van der Waals surface area (Å²) in [6.45, 7) is 11.8. The standard InChI is InChI=1S/C51H79NO13/c1-30-14-10-9-11-15-31(2)44(63-8)26-39-19-17-36(7)51(62,65-39)48(59)49(60)52-21-13-12-16-41(52)50(61)64-45(33(4)24-37-18-20-42(55)38(25-37)28-53)27-43(56)32(3)23-35(6)47(58)40(29-54)46(57)34(5)22-30/h9-11,14-15,23,30,32-34,36-42,44-45,47,53-55,58,62H,12-13,16-22,24-29H2,1-8H3/b11-9+,14-10+,31-15+,35-23+/t30-,32-,33-,34-,36-,37?,38+,39+,40+,41+,42-,44+,45+,47-,51-/m1/s1. The van der Waals surface area contributed by atoms with Crippen molar-refractivity contribution in [2.24, 2.45) is 47.3 Å². The number of aliphatic hydroxyl groups is 5. The third-order valence-corrected chi connectivity index (χ3v) is 14.7. The molecule has 3 heterocycles. The lowest BCUT2D eigenvalue weighted by Crippen LogP contribution is -2.61. The Hall–Kier alpha value is -3.37. The molecule has 14 heteroatoms. The Bertz CT molecular complexity index is 1760. The second kappa shape index (κ2) is 25.1. The van der Waals surface area contributed by atoms with Crippen LogP contribution in [0.2, 0.25) is 0 Å². The minimum Gasteiger partial charge on any atom is -0.460 e. The monoisotopic (exact) mass is 914 g/mol. The third kappa shape index (κ3) is 14.3. The number of rotatable bonds is 6. The highest BCUT2D eigenvalue weighted by atomic mass is 16.6. The number of amides is 1. The molecule has 65 heavy (non-hydrogen) atoms. The number of nitrogens with zero attached hydrogens (tertiary/aromatic N) is 1. The van der Waals surface area contributed by atoms with Crippen molar-refractivity contribution in [3.05, 3.63) is 47.6 Å². The Kier molecular flexibility index (Phi) is 21.0. The third-order valence-electron chi connectivity index (χ3n) is 14.7. The van der Waals surface area contributed by atoms with Crippen molar-refractivity contribution in [3.8, 4) is 0 Å². The van der Waals surface area contributed by atoms with Crippen LogP contribution in [0.15, 0.2) is 47.6 Å². The number of hydrogen-bond acceptors (Lipinski definition) is 13. The summed E-state index contributed by atoms with van der Waals surface area (Å²) in [7, 11) is 1.57. The molecule has 0 spiro atoms. The molecule has 4 rings (SSSR count). The van der Waals surface area contributed by atoms with Crippen molar-refractivity contribution < 1.29 is 63.7 Å². The highest BCUT2D eigenvalue weighted by Gasteiger charge is 2.53. The van der Waals surface area contributed by atoms with Gasteiger partial charge in [-0.1, -0.05) is 71.1 Å². The van der Waals surface area contributed by atoms with Gasteiger partial charge in [0.15, 0.2) is 0 Å². The van der Waals surface area contributed by atoms with E-state index in [4.69, 9.17) is 14.2 Å². The molecule has 4 aliphatic rings. The van der Waals surface area contributed by atoms with Gasteiger partial charge < -0.3 is 44.6 Å². The number of carbonyl (C=O) groups excluding carboxylic acids is 5. The summed E-state index contributed by atoms with van der Waals surface area (Å²) in [5.41, 5.74) is 1.21. The van der Waals surface area contributed by atoms with E-state index in [1.807, 2.05) is 51.2 Å². The lowest BCUT2D eigenvalue weighted by molar-refractivity contribution is -0.265. The number of allylic oxidation sites excluding steroid dienone is 6. The quantitative estimate of drug-likeness (QED) is 0.129. The van der Waals surface area contributed by atoms with Crippen molar-refractivity contribution >= 4 is 29.2 Å². The van der Waals surface area contributed by atoms with Crippen LogP contribution in [0, 0.1) is 47.3 Å². The first-order chi connectivity index (χ1) is 30.7. The predicted molar refractivity (Wildman–Crippen MR) is 245 cm³/mol. The fourth-order valence-corrected chi connectivity index (χ4v) is 10.3. The van der Waals surface area contributed by atoms with Crippen LogP contribution in [0.25, 0.3) is 0 Å². The summed E-state index contributed by atoms with van der Waals surface area (Å²) in [5, 5.41) is 54.0. The van der Waals surface area contributed by atoms with Crippen molar-refractivity contribution in [1.82, 2.24) is 4.90 Å². The molecule has 5 N–H and O–H groups in total. The zero-order chi connectivity index (χ0) is 48.2. The van der Waals surface area contributed by atoms with E-state index in [2.05, 4.69) is 0 Å². The molecule has 0 aromatic carbocycles. The maximum Gasteiger partial charge on any atom is 0.329 e. The van der Waals surface area contributed by atoms with E-state index >= 15 is 0 Å². The summed E-state index contributed by atoms with van der Waals surface area (Å²) in [6, 6.07) is -1.16. The van der Waals surface area contributed by atoms with Crippen molar-refractivity contribution in [1.29, 1.82) is 0 Å². The second-order valence-electron chi connectivity index (χ2n) is 19.9. The van der Waals surface area contributed by atoms with Gasteiger partial charge in [-0.3, -0.25) is 19.2 Å². The van der Waals surface area contributed by atoms with E-state index < -0.39 is 90.3 Å². The number of fused-ring (bicyclic) bond motifs is 3. The average molecular weight is 914 g/mol. The lowest BCUT2D eigenvalue weighted by atomic mass is 9.75. The van der Waals surface area contributed by atoms with Crippen LogP contribution >= 0.6 is 0 Å². The Morgan fingerprint density at radius 3 is 2.28 bits per heavy atom. The molecule has 1 amide bonds. The molecule has 1 saturated carbocycles. The van der Waals surface area contributed by atoms with E-state index in [1.165, 1.54) is 4.90 Å². The number of esters is 1. The van der Waals surface area contributed by atoms with E-state index in [-0.39, 0.29) is 61.2 Å². The molecular formula is C51H79NO13. The lowest BCUT2D eigenvalue weighted by Gasteiger charge is -2.42. The summed E-state index contributed by atoms with van der Waals surface area (Å²) in [6.07, 6.45) is 12.1. The maximum atomic E-state index is 14.3. The van der Waals surface area contributed by atoms with Crippen LogP contribution in [0.3, 0.4) is 0 Å². The Labute approximate surface area is 386 Å². The molecule has 1 aliphatic carbocycles. The Morgan fingerprint density at radius 2 is 1.60 bits per heavy atom. The normalized spacial score (nSPS) is 40.4. The molecular weight excluding hydrogens is 835 g/mol. The molecule has 1 unspecified atom stereocenters. The van der Waals surface area contributed by atoms with Crippen LogP contribution in [-0.2, 0) is 38.2 Å². The van der Waals surface area contributed by atoms with Gasteiger partial charge in [-0.25, -0.2) is 4.79 Å². The number of cyclic esters (lactones) is 1. The number of piperidine rings is 1. The van der Waals surface area contributed by atoms with E-state index in [9.17, 15) is 49.5 Å². The molecule has 14 nitrogen and oxygen atoms in total. The van der Waals surface area contributed by atoms with Gasteiger partial charge in [-0.2, -0.15) is 0 Å². The number of hydrogen-bond donors (Lipinski definition) is 5. The Morgan fingerprint density at radius 1 is 0.877 bits per heavy atom. The van der Waals surface area contributed by atoms with Crippen molar-refractivity contribution in [3.63, 3.8) is 0 Å². The summed E-state index contributed by atoms with van der Waals surface area (Å²) < 4.78 is 18.2. The van der Waals surface area contributed by atoms with E-state index in [0.717, 1.165) is 5.57 Å². The zero-order valence-electron chi connectivity index (χ0n) is 40.1. The van der Waals surface area contributed by atoms with Crippen LogP contribution < -0.4 is 0 Å². The van der Waals surface area contributed by atoms with Gasteiger partial charge in [-0.05, 0) is 107 Å². The van der Waals surface area contributed by atoms with Gasteiger partial charge in [0, 0.05) is 56.8 Å². The number of Topliss-reactive ketones (excluding diaryl/α,β-unsaturated/α-hetero) is 3. The number of carbonyl (C=O) groups is 5. The van der Waals surface area contributed by atoms with Gasteiger partial charge >= 0.3 is 5.97 Å². The zero-order valence-corrected chi connectivity index (χ0v) is 40.1. The minimum absolute atomic E-state index is 0.0117. The van der Waals surface area contributed by atoms with Gasteiger partial charge in [-0.15, -0.1) is 0 Å². The van der Waals surface area contributed by atoms with Gasteiger partial charge in [0.25, 0.3) is 11.7 Å². The Balaban J connectivity index is 1.70. The first kappa shape index (κ1) is 54.2. The molecule has 0 radical (unpaired) electrons. The number of ketones is 3. The predicted octanol–water partition coefficient (Wildman–Crippen LogP) is 5.37. The molecule has 3 aliphatic heterocycles. The highest BCUT2D eigenvalue weighted by Crippen LogP contribution is 2.38. The van der Waals surface area contributed by atoms with Crippen LogP contribution in [0.1, 0.15) is 126 Å². The summed E-state index contributed by atoms with van der Waals surface area (Å²) >= 11 is 0. The molecule has 2 bridgehead atoms. The van der Waals surface area contributed by atoms with Crippen LogP contribution in [0.4, 0.5) is 0 Å². The minimum atomic E-state index is -2.44. The van der Waals surface area contributed by atoms with Gasteiger partial charge in [0.2, 0.25) is 5.79 Å². The fraction of sp³-hybridized carbons (Fsp3) is 0.745.